The van der Waals surface area contributed by atoms with E-state index >= 15 is 0 Å². The van der Waals surface area contributed by atoms with Crippen LogP contribution in [-0.2, 0) is 32.3 Å². The van der Waals surface area contributed by atoms with E-state index in [0.717, 1.165) is 16.0 Å². The molecule has 33 heavy (non-hydrogen) atoms. The number of imide groups is 1. The first-order valence-corrected chi connectivity index (χ1v) is 12.7. The van der Waals surface area contributed by atoms with Crippen molar-refractivity contribution in [2.24, 2.45) is 0 Å². The molecule has 2 aliphatic rings. The number of nitrogens with zero attached hydrogens (tertiary/aromatic N) is 2. The Hall–Kier alpha value is -3.20. The van der Waals surface area contributed by atoms with E-state index in [4.69, 9.17) is 0 Å². The molecule has 0 saturated carbocycles. The van der Waals surface area contributed by atoms with Crippen molar-refractivity contribution >= 4 is 27.7 Å². The summed E-state index contributed by atoms with van der Waals surface area (Å²) in [6.45, 7) is -0.428. The highest BCUT2D eigenvalue weighted by molar-refractivity contribution is 7.91. The molecule has 2 fully saturated rings. The zero-order valence-electron chi connectivity index (χ0n) is 18.4. The van der Waals surface area contributed by atoms with E-state index in [1.807, 2.05) is 60.7 Å². The van der Waals surface area contributed by atoms with Crippen LogP contribution in [0.2, 0.25) is 0 Å². The van der Waals surface area contributed by atoms with Crippen LogP contribution < -0.4 is 5.32 Å². The zero-order valence-corrected chi connectivity index (χ0v) is 19.3. The van der Waals surface area contributed by atoms with E-state index in [9.17, 15) is 22.8 Å². The van der Waals surface area contributed by atoms with Gasteiger partial charge >= 0.3 is 6.03 Å². The topological polar surface area (TPSA) is 104 Å². The molecule has 4 amide bonds. The Kier molecular flexibility index (Phi) is 6.25. The number of rotatable bonds is 7. The number of nitrogens with one attached hydrogen (secondary N) is 1. The summed E-state index contributed by atoms with van der Waals surface area (Å²) in [5.41, 5.74) is 0.571. The van der Waals surface area contributed by atoms with E-state index in [1.165, 1.54) is 11.9 Å². The van der Waals surface area contributed by atoms with Crippen molar-refractivity contribution in [3.8, 4) is 0 Å². The van der Waals surface area contributed by atoms with E-state index in [0.29, 0.717) is 6.42 Å². The third-order valence-corrected chi connectivity index (χ3v) is 8.14. The lowest BCUT2D eigenvalue weighted by atomic mass is 9.84. The summed E-state index contributed by atoms with van der Waals surface area (Å²) in [4.78, 5) is 41.7. The molecule has 8 nitrogen and oxygen atoms in total. The van der Waals surface area contributed by atoms with Crippen LogP contribution in [0.3, 0.4) is 0 Å². The molecular formula is C24H27N3O5S. The second kappa shape index (κ2) is 8.97. The van der Waals surface area contributed by atoms with Gasteiger partial charge in [0.05, 0.1) is 11.5 Å². The normalized spacial score (nSPS) is 21.1. The molecule has 0 bridgehead atoms. The number of amides is 4. The van der Waals surface area contributed by atoms with E-state index in [2.05, 4.69) is 5.32 Å². The number of benzene rings is 2. The minimum Gasteiger partial charge on any atom is -0.340 e. The highest BCUT2D eigenvalue weighted by Gasteiger charge is 2.52. The Morgan fingerprint density at radius 2 is 1.58 bits per heavy atom. The van der Waals surface area contributed by atoms with Crippen LogP contribution in [0.15, 0.2) is 60.7 Å². The largest absolute Gasteiger partial charge is 0.340 e. The monoisotopic (exact) mass is 469 g/mol. The molecule has 2 heterocycles. The SMILES string of the molecule is CN(C(=O)CN1C(=O)NC(Cc2ccccc2)(Cc2ccccc2)C1=O)[C@@H]1CCS(=O)(=O)C1. The van der Waals surface area contributed by atoms with Gasteiger partial charge in [0.2, 0.25) is 5.91 Å². The van der Waals surface area contributed by atoms with Crippen LogP contribution in [0.1, 0.15) is 17.5 Å². The maximum absolute atomic E-state index is 13.6. The van der Waals surface area contributed by atoms with Crippen molar-refractivity contribution in [1.29, 1.82) is 0 Å². The Bertz CT molecular complexity index is 1110. The summed E-state index contributed by atoms with van der Waals surface area (Å²) in [7, 11) is -1.64. The van der Waals surface area contributed by atoms with E-state index < -0.39 is 45.8 Å². The molecule has 2 aromatic rings. The molecule has 0 aliphatic carbocycles. The summed E-state index contributed by atoms with van der Waals surface area (Å²) in [6, 6.07) is 17.8. The van der Waals surface area contributed by atoms with Crippen LogP contribution in [0, 0.1) is 0 Å². The summed E-state index contributed by atoms with van der Waals surface area (Å²) >= 11 is 0. The second-order valence-corrected chi connectivity index (χ2v) is 11.0. The molecule has 9 heteroatoms. The highest BCUT2D eigenvalue weighted by Crippen LogP contribution is 2.27. The smallest absolute Gasteiger partial charge is 0.325 e. The lowest BCUT2D eigenvalue weighted by Crippen LogP contribution is -2.51. The van der Waals surface area contributed by atoms with Crippen LogP contribution in [0.5, 0.6) is 0 Å². The molecule has 2 aliphatic heterocycles. The van der Waals surface area contributed by atoms with Gasteiger partial charge < -0.3 is 10.2 Å². The third kappa shape index (κ3) is 4.93. The van der Waals surface area contributed by atoms with Gasteiger partial charge in [-0.25, -0.2) is 13.2 Å². The van der Waals surface area contributed by atoms with Gasteiger partial charge in [0.1, 0.15) is 12.1 Å². The Morgan fingerprint density at radius 1 is 1.03 bits per heavy atom. The number of hydrogen-bond acceptors (Lipinski definition) is 5. The molecule has 174 valence electrons. The Morgan fingerprint density at radius 3 is 2.06 bits per heavy atom. The molecule has 0 spiro atoms. The average Bonchev–Trinajstić information content (AvgIpc) is 3.26. The molecular weight excluding hydrogens is 442 g/mol. The minimum atomic E-state index is -3.16. The highest BCUT2D eigenvalue weighted by atomic mass is 32.2. The quantitative estimate of drug-likeness (QED) is 0.618. The van der Waals surface area contributed by atoms with E-state index in [1.54, 1.807) is 0 Å². The van der Waals surface area contributed by atoms with Gasteiger partial charge in [0.15, 0.2) is 9.84 Å². The van der Waals surface area contributed by atoms with Gasteiger partial charge in [-0.3, -0.25) is 14.5 Å². The first-order chi connectivity index (χ1) is 15.7. The summed E-state index contributed by atoms with van der Waals surface area (Å²) in [5, 5.41) is 2.86. The van der Waals surface area contributed by atoms with Crippen molar-refractivity contribution in [3.05, 3.63) is 71.8 Å². The predicted octanol–water partition coefficient (Wildman–Crippen LogP) is 1.41. The van der Waals surface area contributed by atoms with Crippen molar-refractivity contribution in [1.82, 2.24) is 15.1 Å². The lowest BCUT2D eigenvalue weighted by molar-refractivity contribution is -0.139. The first kappa shape index (κ1) is 23.0. The number of sulfone groups is 1. The van der Waals surface area contributed by atoms with Gasteiger partial charge in [0.25, 0.3) is 5.91 Å². The van der Waals surface area contributed by atoms with Gasteiger partial charge in [0, 0.05) is 25.9 Å². The van der Waals surface area contributed by atoms with Crippen LogP contribution in [0.25, 0.3) is 0 Å². The van der Waals surface area contributed by atoms with Crippen LogP contribution in [0.4, 0.5) is 4.79 Å². The number of carbonyl (C=O) groups is 3. The fourth-order valence-corrected chi connectivity index (χ4v) is 6.32. The number of urea groups is 1. The number of hydrogen-bond donors (Lipinski definition) is 1. The fraction of sp³-hybridized carbons (Fsp3) is 0.375. The lowest BCUT2D eigenvalue weighted by Gasteiger charge is -2.28. The van der Waals surface area contributed by atoms with Crippen molar-refractivity contribution in [3.63, 3.8) is 0 Å². The molecule has 0 unspecified atom stereocenters. The van der Waals surface area contributed by atoms with Gasteiger partial charge in [-0.15, -0.1) is 0 Å². The van der Waals surface area contributed by atoms with E-state index in [-0.39, 0.29) is 24.3 Å². The first-order valence-electron chi connectivity index (χ1n) is 10.9. The number of likely N-dealkylation sites (N-methyl/N-ethyl adjacent to an activating group) is 1. The summed E-state index contributed by atoms with van der Waals surface area (Å²) < 4.78 is 23.6. The number of carbonyl (C=O) groups excluding carboxylic acids is 3. The van der Waals surface area contributed by atoms with Gasteiger partial charge in [-0.1, -0.05) is 60.7 Å². The Labute approximate surface area is 193 Å². The van der Waals surface area contributed by atoms with Gasteiger partial charge in [-0.05, 0) is 17.5 Å². The van der Waals surface area contributed by atoms with Crippen molar-refractivity contribution < 1.29 is 22.8 Å². The van der Waals surface area contributed by atoms with Gasteiger partial charge in [-0.2, -0.15) is 0 Å². The zero-order chi connectivity index (χ0) is 23.6. The summed E-state index contributed by atoms with van der Waals surface area (Å²) in [6.07, 6.45) is 0.931. The second-order valence-electron chi connectivity index (χ2n) is 8.79. The fourth-order valence-electron chi connectivity index (χ4n) is 4.54. The molecule has 1 atom stereocenters. The predicted molar refractivity (Wildman–Crippen MR) is 123 cm³/mol. The molecule has 0 aromatic heterocycles. The standard InChI is InChI=1S/C24H27N3O5S/c1-26(20-12-13-33(31,32)17-20)21(28)16-27-22(29)24(25-23(27)30,14-18-8-4-2-5-9-18)15-19-10-6-3-7-11-19/h2-11,20H,12-17H2,1H3,(H,25,30)/t20-/m1/s1. The van der Waals surface area contributed by atoms with Crippen LogP contribution >= 0.6 is 0 Å². The minimum absolute atomic E-state index is 0.0374. The maximum Gasteiger partial charge on any atom is 0.325 e. The van der Waals surface area contributed by atoms with Crippen LogP contribution in [-0.4, -0.2) is 72.7 Å². The molecule has 4 rings (SSSR count). The molecule has 2 saturated heterocycles. The third-order valence-electron chi connectivity index (χ3n) is 6.39. The molecule has 2 aromatic carbocycles. The summed E-state index contributed by atoms with van der Waals surface area (Å²) in [5.74, 6) is -0.978. The maximum atomic E-state index is 13.6. The molecule has 1 N–H and O–H groups in total. The molecule has 0 radical (unpaired) electrons. The Balaban J connectivity index is 1.56. The van der Waals surface area contributed by atoms with Crippen molar-refractivity contribution in [2.75, 3.05) is 25.1 Å². The van der Waals surface area contributed by atoms with Crippen molar-refractivity contribution in [2.45, 2.75) is 30.8 Å². The average molecular weight is 470 g/mol.